The number of ketones is 1. The van der Waals surface area contributed by atoms with Gasteiger partial charge in [-0.3, -0.25) is 19.4 Å². The van der Waals surface area contributed by atoms with Crippen molar-refractivity contribution in [3.63, 3.8) is 0 Å². The van der Waals surface area contributed by atoms with Crippen LogP contribution in [0.4, 0.5) is 0 Å². The SMILES string of the molecule is COCC(Cl)COc1cc(S(C)(=O)=O)ccc1C(=O)c1c(C)[nH]n(C)c1=O. The molecule has 0 aliphatic heterocycles. The average Bonchev–Trinajstić information content (AvgIpc) is 2.84. The molecule has 0 saturated heterocycles. The number of methoxy groups -OCH3 is 1. The monoisotopic (exact) mass is 416 g/mol. The van der Waals surface area contributed by atoms with Crippen LogP contribution in [0.1, 0.15) is 21.6 Å². The summed E-state index contributed by atoms with van der Waals surface area (Å²) < 4.78 is 35.4. The van der Waals surface area contributed by atoms with E-state index < -0.39 is 26.6 Å². The molecule has 0 aliphatic rings. The van der Waals surface area contributed by atoms with Gasteiger partial charge in [-0.2, -0.15) is 0 Å². The van der Waals surface area contributed by atoms with Gasteiger partial charge in [0.05, 0.1) is 22.4 Å². The Hall–Kier alpha value is -2.10. The normalized spacial score (nSPS) is 12.8. The Kier molecular flexibility index (Phi) is 6.50. The predicted octanol–water partition coefficient (Wildman–Crippen LogP) is 1.29. The van der Waals surface area contributed by atoms with E-state index >= 15 is 0 Å². The number of nitrogens with one attached hydrogen (secondary N) is 1. The molecule has 0 bridgehead atoms. The maximum atomic E-state index is 12.9. The first kappa shape index (κ1) is 21.2. The Balaban J connectivity index is 2.50. The fraction of sp³-hybridized carbons (Fsp3) is 0.412. The van der Waals surface area contributed by atoms with E-state index in [2.05, 4.69) is 5.10 Å². The number of hydrogen-bond donors (Lipinski definition) is 1. The van der Waals surface area contributed by atoms with Crippen LogP contribution in [0.25, 0.3) is 0 Å². The number of aromatic amines is 1. The molecule has 0 amide bonds. The van der Waals surface area contributed by atoms with Gasteiger partial charge in [0.15, 0.2) is 9.84 Å². The maximum Gasteiger partial charge on any atom is 0.277 e. The number of ether oxygens (including phenoxy) is 2. The number of sulfone groups is 1. The molecule has 1 atom stereocenters. The Morgan fingerprint density at radius 2 is 2.00 bits per heavy atom. The number of aryl methyl sites for hydroxylation is 2. The molecule has 1 N–H and O–H groups in total. The minimum Gasteiger partial charge on any atom is -0.491 e. The number of carbonyl (C=O) groups is 1. The molecule has 2 aromatic rings. The number of aromatic nitrogens is 2. The smallest absolute Gasteiger partial charge is 0.277 e. The standard InChI is InChI=1S/C17H21ClN2O6S/c1-10-15(17(22)20(2)19-10)16(21)13-6-5-12(27(4,23)24)7-14(13)26-9-11(18)8-25-3/h5-7,11,19H,8-9H2,1-4H3. The summed E-state index contributed by atoms with van der Waals surface area (Å²) in [6, 6.07) is 3.89. The molecule has 2 rings (SSSR count). The van der Waals surface area contributed by atoms with E-state index in [0.717, 1.165) is 6.26 Å². The second-order valence-corrected chi connectivity index (χ2v) is 8.73. The van der Waals surface area contributed by atoms with Gasteiger partial charge in [0.25, 0.3) is 5.56 Å². The van der Waals surface area contributed by atoms with Crippen LogP contribution in [0.15, 0.2) is 27.9 Å². The van der Waals surface area contributed by atoms with Crippen LogP contribution in [-0.2, 0) is 21.6 Å². The third-order valence-electron chi connectivity index (χ3n) is 3.85. The lowest BCUT2D eigenvalue weighted by molar-refractivity contribution is 0.103. The lowest BCUT2D eigenvalue weighted by Gasteiger charge is -2.14. The summed E-state index contributed by atoms with van der Waals surface area (Å²) in [4.78, 5) is 25.2. The molecule has 0 saturated carbocycles. The topological polar surface area (TPSA) is 107 Å². The van der Waals surface area contributed by atoms with Crippen molar-refractivity contribution in [3.05, 3.63) is 45.4 Å². The van der Waals surface area contributed by atoms with Crippen molar-refractivity contribution >= 4 is 27.2 Å². The second-order valence-electron chi connectivity index (χ2n) is 6.10. The number of benzene rings is 1. The van der Waals surface area contributed by atoms with Gasteiger partial charge >= 0.3 is 0 Å². The van der Waals surface area contributed by atoms with Crippen molar-refractivity contribution in [1.82, 2.24) is 9.78 Å². The van der Waals surface area contributed by atoms with Crippen LogP contribution in [-0.4, -0.2) is 55.9 Å². The zero-order valence-corrected chi connectivity index (χ0v) is 17.0. The van der Waals surface area contributed by atoms with Crippen LogP contribution in [0, 0.1) is 6.92 Å². The molecular weight excluding hydrogens is 396 g/mol. The summed E-state index contributed by atoms with van der Waals surface area (Å²) in [5.41, 5.74) is -0.0391. The molecule has 8 nitrogen and oxygen atoms in total. The van der Waals surface area contributed by atoms with E-state index in [9.17, 15) is 18.0 Å². The van der Waals surface area contributed by atoms with Crippen LogP contribution in [0.2, 0.25) is 0 Å². The largest absolute Gasteiger partial charge is 0.491 e. The minimum absolute atomic E-state index is 0.00692. The first-order chi connectivity index (χ1) is 12.6. The van der Waals surface area contributed by atoms with Gasteiger partial charge in [0, 0.05) is 26.1 Å². The summed E-state index contributed by atoms with van der Waals surface area (Å²) in [6.45, 7) is 1.81. The number of nitrogens with zero attached hydrogens (tertiary/aromatic N) is 1. The summed E-state index contributed by atoms with van der Waals surface area (Å²) in [5.74, 6) is -0.533. The number of rotatable bonds is 8. The second kappa shape index (κ2) is 8.28. The molecule has 1 aromatic heterocycles. The molecule has 1 unspecified atom stereocenters. The summed E-state index contributed by atoms with van der Waals surface area (Å²) >= 11 is 6.05. The number of alkyl halides is 1. The predicted molar refractivity (Wildman–Crippen MR) is 101 cm³/mol. The van der Waals surface area contributed by atoms with E-state index in [1.165, 1.54) is 37.0 Å². The van der Waals surface area contributed by atoms with Crippen LogP contribution < -0.4 is 10.3 Å². The van der Waals surface area contributed by atoms with Crippen LogP contribution in [0.3, 0.4) is 0 Å². The van der Waals surface area contributed by atoms with Crippen molar-refractivity contribution in [3.8, 4) is 5.75 Å². The Morgan fingerprint density at radius 1 is 1.33 bits per heavy atom. The molecule has 10 heteroatoms. The third-order valence-corrected chi connectivity index (χ3v) is 5.21. The molecular formula is C17H21ClN2O6S. The highest BCUT2D eigenvalue weighted by Gasteiger charge is 2.24. The van der Waals surface area contributed by atoms with Gasteiger partial charge in [-0.1, -0.05) is 0 Å². The summed E-state index contributed by atoms with van der Waals surface area (Å²) in [7, 11) is -0.530. The average molecular weight is 417 g/mol. The molecule has 1 aromatic carbocycles. The van der Waals surface area contributed by atoms with E-state index in [-0.39, 0.29) is 35.0 Å². The van der Waals surface area contributed by atoms with Crippen molar-refractivity contribution in [2.75, 3.05) is 26.6 Å². The molecule has 0 radical (unpaired) electrons. The molecule has 148 valence electrons. The number of hydrogen-bond acceptors (Lipinski definition) is 6. The number of H-pyrrole nitrogens is 1. The Morgan fingerprint density at radius 3 is 2.52 bits per heavy atom. The lowest BCUT2D eigenvalue weighted by Crippen LogP contribution is -2.21. The first-order valence-corrected chi connectivity index (χ1v) is 10.3. The minimum atomic E-state index is -3.51. The van der Waals surface area contributed by atoms with E-state index in [1.807, 2.05) is 0 Å². The molecule has 1 heterocycles. The van der Waals surface area contributed by atoms with Crippen molar-refractivity contribution in [2.45, 2.75) is 17.2 Å². The Bertz CT molecular complexity index is 1010. The van der Waals surface area contributed by atoms with Gasteiger partial charge in [-0.15, -0.1) is 11.6 Å². The highest BCUT2D eigenvalue weighted by Crippen LogP contribution is 2.26. The van der Waals surface area contributed by atoms with Crippen LogP contribution >= 0.6 is 11.6 Å². The third kappa shape index (κ3) is 4.79. The lowest BCUT2D eigenvalue weighted by atomic mass is 10.0. The van der Waals surface area contributed by atoms with E-state index in [4.69, 9.17) is 21.1 Å². The summed E-state index contributed by atoms with van der Waals surface area (Å²) in [6.07, 6.45) is 1.05. The highest BCUT2D eigenvalue weighted by atomic mass is 35.5. The van der Waals surface area contributed by atoms with Crippen molar-refractivity contribution < 1.29 is 22.7 Å². The number of halogens is 1. The van der Waals surface area contributed by atoms with Crippen molar-refractivity contribution in [2.24, 2.45) is 7.05 Å². The zero-order chi connectivity index (χ0) is 20.4. The molecule has 0 fully saturated rings. The summed E-state index contributed by atoms with van der Waals surface area (Å²) in [5, 5.41) is 2.26. The molecule has 0 spiro atoms. The molecule has 27 heavy (non-hydrogen) atoms. The first-order valence-electron chi connectivity index (χ1n) is 7.96. The van der Waals surface area contributed by atoms with Gasteiger partial charge in [0.1, 0.15) is 17.9 Å². The van der Waals surface area contributed by atoms with Crippen molar-refractivity contribution in [1.29, 1.82) is 0 Å². The zero-order valence-electron chi connectivity index (χ0n) is 15.4. The van der Waals surface area contributed by atoms with Gasteiger partial charge < -0.3 is 9.47 Å². The fourth-order valence-corrected chi connectivity index (χ4v) is 3.36. The van der Waals surface area contributed by atoms with Crippen LogP contribution in [0.5, 0.6) is 5.75 Å². The van der Waals surface area contributed by atoms with E-state index in [1.54, 1.807) is 6.92 Å². The quantitative estimate of drug-likeness (QED) is 0.513. The molecule has 0 aliphatic carbocycles. The highest BCUT2D eigenvalue weighted by molar-refractivity contribution is 7.90. The van der Waals surface area contributed by atoms with Gasteiger partial charge in [0.2, 0.25) is 5.78 Å². The van der Waals surface area contributed by atoms with E-state index in [0.29, 0.717) is 5.69 Å². The Labute approximate surface area is 161 Å². The number of carbonyl (C=O) groups excluding carboxylic acids is 1. The fourth-order valence-electron chi connectivity index (χ4n) is 2.54. The maximum absolute atomic E-state index is 12.9. The van der Waals surface area contributed by atoms with Gasteiger partial charge in [-0.05, 0) is 25.1 Å². The van der Waals surface area contributed by atoms with Gasteiger partial charge in [-0.25, -0.2) is 8.42 Å².